The molecule has 2 amide bonds. The number of hydrogen-bond donors (Lipinski definition) is 4. The summed E-state index contributed by atoms with van der Waals surface area (Å²) >= 11 is 6.06. The summed E-state index contributed by atoms with van der Waals surface area (Å²) < 4.78 is 0. The highest BCUT2D eigenvalue weighted by Gasteiger charge is 2.46. The summed E-state index contributed by atoms with van der Waals surface area (Å²) in [5.41, 5.74) is 8.24. The van der Waals surface area contributed by atoms with Gasteiger partial charge in [0.1, 0.15) is 5.54 Å². The molecule has 2 aliphatic heterocycles. The van der Waals surface area contributed by atoms with Crippen molar-refractivity contribution in [2.24, 2.45) is 0 Å². The molecule has 3 rings (SSSR count). The van der Waals surface area contributed by atoms with Crippen LogP contribution in [0, 0.1) is 0 Å². The van der Waals surface area contributed by atoms with Crippen molar-refractivity contribution in [3.05, 3.63) is 35.0 Å². The van der Waals surface area contributed by atoms with Crippen LogP contribution in [-0.2, 0) is 5.54 Å². The second kappa shape index (κ2) is 3.55. The molecule has 1 aromatic rings. The lowest BCUT2D eigenvalue weighted by molar-refractivity contribution is 0.243. The summed E-state index contributed by atoms with van der Waals surface area (Å²) in [6.07, 6.45) is 0.706. The van der Waals surface area contributed by atoms with Gasteiger partial charge in [0.25, 0.3) is 0 Å². The minimum atomic E-state index is -0.614. The quantitative estimate of drug-likeness (QED) is 0.539. The molecule has 1 saturated heterocycles. The van der Waals surface area contributed by atoms with Gasteiger partial charge in [0, 0.05) is 22.8 Å². The second-order valence-corrected chi connectivity index (χ2v) is 4.99. The van der Waals surface area contributed by atoms with Crippen molar-refractivity contribution in [2.75, 3.05) is 17.6 Å². The number of amides is 2. The lowest BCUT2D eigenvalue weighted by atomic mass is 9.81. The van der Waals surface area contributed by atoms with Crippen molar-refractivity contribution in [3.63, 3.8) is 0 Å². The van der Waals surface area contributed by atoms with E-state index in [4.69, 9.17) is 17.3 Å². The Morgan fingerprint density at radius 3 is 2.89 bits per heavy atom. The molecule has 6 heteroatoms. The van der Waals surface area contributed by atoms with Crippen LogP contribution in [0.3, 0.4) is 0 Å². The summed E-state index contributed by atoms with van der Waals surface area (Å²) in [7, 11) is 0. The molecule has 0 aromatic heterocycles. The van der Waals surface area contributed by atoms with Crippen molar-refractivity contribution in [3.8, 4) is 0 Å². The van der Waals surface area contributed by atoms with Gasteiger partial charge in [-0.15, -0.1) is 0 Å². The Bertz CT molecular complexity index is 571. The number of nitrogens with one attached hydrogen (secondary N) is 3. The fourth-order valence-electron chi connectivity index (χ4n) is 2.66. The number of carbonyl (C=O) groups is 1. The van der Waals surface area contributed by atoms with E-state index in [1.807, 2.05) is 6.07 Å². The zero-order chi connectivity index (χ0) is 12.9. The van der Waals surface area contributed by atoms with E-state index in [1.54, 1.807) is 6.07 Å². The molecule has 1 spiro atoms. The average molecular weight is 265 g/mol. The molecular weight excluding hydrogens is 252 g/mol. The van der Waals surface area contributed by atoms with Crippen molar-refractivity contribution in [1.29, 1.82) is 0 Å². The topological polar surface area (TPSA) is 79.2 Å². The number of fused-ring (bicyclic) bond motifs is 2. The van der Waals surface area contributed by atoms with Crippen molar-refractivity contribution < 1.29 is 4.79 Å². The van der Waals surface area contributed by atoms with E-state index >= 15 is 0 Å². The van der Waals surface area contributed by atoms with Crippen LogP contribution in [0.25, 0.3) is 0 Å². The number of carbonyl (C=O) groups excluding carboxylic acids is 1. The van der Waals surface area contributed by atoms with Crippen LogP contribution in [0.1, 0.15) is 12.0 Å². The summed E-state index contributed by atoms with van der Waals surface area (Å²) in [5.74, 6) is 0. The monoisotopic (exact) mass is 264 g/mol. The van der Waals surface area contributed by atoms with Crippen LogP contribution in [0.5, 0.6) is 0 Å². The van der Waals surface area contributed by atoms with Crippen molar-refractivity contribution >= 4 is 29.0 Å². The van der Waals surface area contributed by atoms with E-state index in [9.17, 15) is 4.79 Å². The van der Waals surface area contributed by atoms with Gasteiger partial charge in [-0.2, -0.15) is 0 Å². The maximum atomic E-state index is 11.5. The molecule has 18 heavy (non-hydrogen) atoms. The zero-order valence-electron chi connectivity index (χ0n) is 9.64. The molecule has 0 bridgehead atoms. The average Bonchev–Trinajstić information content (AvgIpc) is 2.56. The fraction of sp³-hybridized carbons (Fsp3) is 0.250. The van der Waals surface area contributed by atoms with E-state index in [0.717, 1.165) is 11.3 Å². The number of nitrogen functional groups attached to an aromatic ring is 1. The number of benzene rings is 1. The molecule has 0 radical (unpaired) electrons. The van der Waals surface area contributed by atoms with Crippen LogP contribution in [0.15, 0.2) is 24.4 Å². The van der Waals surface area contributed by atoms with Crippen LogP contribution in [0.2, 0.25) is 5.02 Å². The number of rotatable bonds is 0. The van der Waals surface area contributed by atoms with Crippen LogP contribution in [-0.4, -0.2) is 12.6 Å². The third-order valence-electron chi connectivity index (χ3n) is 3.50. The Morgan fingerprint density at radius 2 is 2.22 bits per heavy atom. The minimum absolute atomic E-state index is 0.244. The number of urea groups is 1. The highest BCUT2D eigenvalue weighted by Crippen LogP contribution is 2.44. The van der Waals surface area contributed by atoms with Gasteiger partial charge in [0.15, 0.2) is 0 Å². The summed E-state index contributed by atoms with van der Waals surface area (Å²) in [5, 5.41) is 9.41. The molecule has 1 unspecified atom stereocenters. The number of hydrogen-bond acceptors (Lipinski definition) is 3. The Kier molecular flexibility index (Phi) is 2.22. The molecule has 2 heterocycles. The third-order valence-corrected chi connectivity index (χ3v) is 3.72. The molecule has 0 aliphatic carbocycles. The van der Waals surface area contributed by atoms with Gasteiger partial charge >= 0.3 is 6.03 Å². The maximum Gasteiger partial charge on any atom is 0.320 e. The maximum absolute atomic E-state index is 11.5. The largest absolute Gasteiger partial charge is 0.397 e. The molecule has 2 aliphatic rings. The predicted molar refractivity (Wildman–Crippen MR) is 71.5 cm³/mol. The van der Waals surface area contributed by atoms with Gasteiger partial charge in [0.2, 0.25) is 0 Å². The number of nitrogens with two attached hydrogens (primary N) is 1. The Balaban J connectivity index is 2.23. The summed E-state index contributed by atoms with van der Waals surface area (Å²) in [4.78, 5) is 11.5. The van der Waals surface area contributed by atoms with E-state index in [1.165, 1.54) is 0 Å². The Hall–Kier alpha value is -1.88. The van der Waals surface area contributed by atoms with E-state index < -0.39 is 5.54 Å². The van der Waals surface area contributed by atoms with Gasteiger partial charge in [0.05, 0.1) is 11.4 Å². The second-order valence-electron chi connectivity index (χ2n) is 4.56. The van der Waals surface area contributed by atoms with Crippen LogP contribution < -0.4 is 21.7 Å². The highest BCUT2D eigenvalue weighted by molar-refractivity contribution is 6.31. The first-order valence-electron chi connectivity index (χ1n) is 5.65. The zero-order valence-corrected chi connectivity index (χ0v) is 10.4. The molecule has 5 nitrogen and oxygen atoms in total. The number of halogens is 1. The van der Waals surface area contributed by atoms with Gasteiger partial charge < -0.3 is 21.7 Å². The highest BCUT2D eigenvalue weighted by atomic mass is 35.5. The van der Waals surface area contributed by atoms with E-state index in [-0.39, 0.29) is 6.03 Å². The molecule has 1 atom stereocenters. The minimum Gasteiger partial charge on any atom is -0.397 e. The lowest BCUT2D eigenvalue weighted by Gasteiger charge is -2.36. The van der Waals surface area contributed by atoms with Crippen molar-refractivity contribution in [2.45, 2.75) is 12.0 Å². The molecule has 1 aromatic carbocycles. The SMILES string of the molecule is C=C1NC(=O)NC12CCNc1c(N)cc(Cl)cc12. The number of anilines is 2. The van der Waals surface area contributed by atoms with Gasteiger partial charge in [-0.25, -0.2) is 4.79 Å². The van der Waals surface area contributed by atoms with Gasteiger partial charge in [-0.3, -0.25) is 0 Å². The van der Waals surface area contributed by atoms with E-state index in [0.29, 0.717) is 29.4 Å². The van der Waals surface area contributed by atoms with Crippen LogP contribution in [0.4, 0.5) is 16.2 Å². The first-order chi connectivity index (χ1) is 8.53. The molecule has 1 fully saturated rings. The standard InChI is InChI=1S/C12H13ClN4O/c1-6-12(17-11(18)16-6)2-3-15-10-8(12)4-7(13)5-9(10)14/h4-5,15H,1-3,14H2,(H2,16,17,18). The third kappa shape index (κ3) is 1.37. The Morgan fingerprint density at radius 1 is 1.44 bits per heavy atom. The molecule has 94 valence electrons. The lowest BCUT2D eigenvalue weighted by Crippen LogP contribution is -2.44. The van der Waals surface area contributed by atoms with Crippen molar-refractivity contribution in [1.82, 2.24) is 10.6 Å². The first-order valence-corrected chi connectivity index (χ1v) is 6.03. The molecular formula is C12H13ClN4O. The smallest absolute Gasteiger partial charge is 0.320 e. The fourth-order valence-corrected chi connectivity index (χ4v) is 2.89. The van der Waals surface area contributed by atoms with Crippen LogP contribution >= 0.6 is 11.6 Å². The normalized spacial score (nSPS) is 25.4. The van der Waals surface area contributed by atoms with Gasteiger partial charge in [-0.05, 0) is 18.6 Å². The van der Waals surface area contributed by atoms with Gasteiger partial charge in [-0.1, -0.05) is 18.2 Å². The summed E-state index contributed by atoms with van der Waals surface area (Å²) in [6.45, 7) is 4.64. The first kappa shape index (κ1) is 11.2. The van der Waals surface area contributed by atoms with E-state index in [2.05, 4.69) is 22.5 Å². The predicted octanol–water partition coefficient (Wildman–Crippen LogP) is 1.76. The molecule has 5 N–H and O–H groups in total. The molecule has 0 saturated carbocycles. The summed E-state index contributed by atoms with van der Waals surface area (Å²) in [6, 6.07) is 3.27. The Labute approximate surface area is 109 Å².